The fourth-order valence-electron chi connectivity index (χ4n) is 0.762. The molecule has 0 spiro atoms. The molecular formula is C7H12Cl2N2NaO3S. The van der Waals surface area contributed by atoms with E-state index in [9.17, 15) is 8.42 Å². The summed E-state index contributed by atoms with van der Waals surface area (Å²) in [7, 11) is -3.50. The molecule has 0 unspecified atom stereocenters. The molecule has 0 aliphatic heterocycles. The molecule has 89 valence electrons. The Labute approximate surface area is 127 Å². The Balaban J connectivity index is -0.000000399. The third kappa shape index (κ3) is 7.05. The monoisotopic (exact) mass is 297 g/mol. The van der Waals surface area contributed by atoms with Gasteiger partial charge in [-0.15, -0.1) is 4.24 Å². The Kier molecular flexibility index (Phi) is 14.7. The van der Waals surface area contributed by atoms with Gasteiger partial charge in [-0.2, -0.15) is 0 Å². The largest absolute Gasteiger partial charge is 0.412 e. The molecule has 0 saturated carbocycles. The molecule has 0 fully saturated rings. The van der Waals surface area contributed by atoms with E-state index in [1.165, 1.54) is 12.1 Å². The number of nitrogens with one attached hydrogen (secondary N) is 1. The number of aryl methyl sites for hydroxylation is 1. The zero-order valence-corrected chi connectivity index (χ0v) is 13.2. The van der Waals surface area contributed by atoms with Crippen LogP contribution >= 0.6 is 23.6 Å². The van der Waals surface area contributed by atoms with Crippen molar-refractivity contribution >= 4 is 63.1 Å². The van der Waals surface area contributed by atoms with Gasteiger partial charge in [-0.3, -0.25) is 0 Å². The van der Waals surface area contributed by atoms with Gasteiger partial charge in [0, 0.05) is 29.6 Å². The molecule has 1 aromatic rings. The molecule has 0 heterocycles. The van der Waals surface area contributed by atoms with Crippen molar-refractivity contribution in [3.8, 4) is 0 Å². The molecule has 1 rings (SSSR count). The van der Waals surface area contributed by atoms with Gasteiger partial charge in [-0.25, -0.2) is 13.7 Å². The second kappa shape index (κ2) is 10.8. The van der Waals surface area contributed by atoms with Crippen LogP contribution in [0, 0.1) is 6.92 Å². The van der Waals surface area contributed by atoms with Crippen LogP contribution in [0.5, 0.6) is 0 Å². The minimum absolute atomic E-state index is 0. The van der Waals surface area contributed by atoms with E-state index in [4.69, 9.17) is 11.8 Å². The summed E-state index contributed by atoms with van der Waals surface area (Å²) in [5.74, 6) is 0. The molecule has 0 aliphatic rings. The van der Waals surface area contributed by atoms with E-state index in [1.54, 1.807) is 16.4 Å². The topological polar surface area (TPSA) is 104 Å². The molecule has 1 radical (unpaired) electrons. The molecule has 9 heteroatoms. The van der Waals surface area contributed by atoms with Crippen molar-refractivity contribution in [1.82, 2.24) is 4.24 Å². The van der Waals surface area contributed by atoms with Crippen LogP contribution in [0.3, 0.4) is 0 Å². The van der Waals surface area contributed by atoms with Crippen LogP contribution in [-0.4, -0.2) is 43.5 Å². The molecule has 0 amide bonds. The fraction of sp³-hybridized carbons (Fsp3) is 0.143. The standard InChI is InChI=1S/C7H8ClNO2S.ClH2N.Na.H2O/c1-6-2-4-7(5-3-6)12(10,11)9-8;1-2;;/h2-5,9H,1H3;2H2;;1H2. The minimum Gasteiger partial charge on any atom is -0.412 e. The van der Waals surface area contributed by atoms with E-state index >= 15 is 0 Å². The Morgan fingerprint density at radius 3 is 1.88 bits per heavy atom. The van der Waals surface area contributed by atoms with Crippen molar-refractivity contribution in [2.75, 3.05) is 0 Å². The van der Waals surface area contributed by atoms with Crippen molar-refractivity contribution in [2.45, 2.75) is 11.8 Å². The molecule has 0 aliphatic carbocycles. The first kappa shape index (κ1) is 21.9. The molecule has 16 heavy (non-hydrogen) atoms. The SMILES string of the molecule is Cc1ccc(S(=O)(=O)NCl)cc1.NCl.O.[Na]. The van der Waals surface area contributed by atoms with Crippen LogP contribution in [0.25, 0.3) is 0 Å². The normalized spacial score (nSPS) is 9.00. The van der Waals surface area contributed by atoms with Gasteiger partial charge in [-0.05, 0) is 42.6 Å². The average molecular weight is 298 g/mol. The average Bonchev–Trinajstić information content (AvgIpc) is 2.21. The van der Waals surface area contributed by atoms with Crippen LogP contribution in [0.1, 0.15) is 5.56 Å². The predicted molar refractivity (Wildman–Crippen MR) is 66.8 cm³/mol. The summed E-state index contributed by atoms with van der Waals surface area (Å²) in [5.41, 5.74) is 1.00. The van der Waals surface area contributed by atoms with Crippen LogP contribution in [-0.2, 0) is 10.0 Å². The maximum atomic E-state index is 11.1. The summed E-state index contributed by atoms with van der Waals surface area (Å²) in [6.45, 7) is 1.88. The Hall–Kier alpha value is 0.630. The summed E-state index contributed by atoms with van der Waals surface area (Å²) < 4.78 is 23.9. The van der Waals surface area contributed by atoms with Crippen molar-refractivity contribution in [3.63, 3.8) is 0 Å². The quantitative estimate of drug-likeness (QED) is 0.607. The number of sulfonamides is 1. The fourth-order valence-corrected chi connectivity index (χ4v) is 1.61. The van der Waals surface area contributed by atoms with Gasteiger partial charge in [0.2, 0.25) is 0 Å². The first-order valence-electron chi connectivity index (χ1n) is 3.47. The van der Waals surface area contributed by atoms with Crippen LogP contribution in [0.2, 0.25) is 0 Å². The second-order valence-corrected chi connectivity index (χ2v) is 4.49. The van der Waals surface area contributed by atoms with Gasteiger partial charge in [-0.1, -0.05) is 17.7 Å². The van der Waals surface area contributed by atoms with E-state index < -0.39 is 10.0 Å². The first-order chi connectivity index (χ1) is 6.56. The number of nitrogens with two attached hydrogens (primary N) is 1. The van der Waals surface area contributed by atoms with Gasteiger partial charge in [0.25, 0.3) is 10.0 Å². The molecule has 0 aromatic heterocycles. The van der Waals surface area contributed by atoms with E-state index in [0.29, 0.717) is 0 Å². The number of benzene rings is 1. The zero-order valence-electron chi connectivity index (χ0n) is 8.87. The molecule has 0 atom stereocenters. The summed E-state index contributed by atoms with van der Waals surface area (Å²) in [6.07, 6.45) is 0. The van der Waals surface area contributed by atoms with E-state index in [1.807, 2.05) is 6.92 Å². The predicted octanol–water partition coefficient (Wildman–Crippen LogP) is 0.321. The summed E-state index contributed by atoms with van der Waals surface area (Å²) in [5, 5.41) is 3.97. The van der Waals surface area contributed by atoms with E-state index in [2.05, 4.69) is 17.0 Å². The number of halogens is 2. The van der Waals surface area contributed by atoms with Crippen LogP contribution in [0.4, 0.5) is 0 Å². The maximum absolute atomic E-state index is 11.1. The number of hydrogen-bond acceptors (Lipinski definition) is 3. The molecule has 5 nitrogen and oxygen atoms in total. The van der Waals surface area contributed by atoms with Crippen molar-refractivity contribution in [3.05, 3.63) is 29.8 Å². The Morgan fingerprint density at radius 1 is 1.19 bits per heavy atom. The molecular weight excluding hydrogens is 286 g/mol. The zero-order chi connectivity index (χ0) is 11.2. The Bertz CT molecular complexity index is 372. The summed E-state index contributed by atoms with van der Waals surface area (Å²) >= 11 is 9.17. The Morgan fingerprint density at radius 2 is 1.56 bits per heavy atom. The van der Waals surface area contributed by atoms with Gasteiger partial charge < -0.3 is 5.48 Å². The minimum atomic E-state index is -3.50. The molecule has 0 bridgehead atoms. The third-order valence-electron chi connectivity index (χ3n) is 1.43. The second-order valence-electron chi connectivity index (χ2n) is 2.39. The smallest absolute Gasteiger partial charge is 0.253 e. The van der Waals surface area contributed by atoms with Crippen LogP contribution in [0.15, 0.2) is 29.2 Å². The number of rotatable bonds is 2. The van der Waals surface area contributed by atoms with Crippen molar-refractivity contribution in [1.29, 1.82) is 0 Å². The number of hydrogen-bond donors (Lipinski definition) is 2. The summed E-state index contributed by atoms with van der Waals surface area (Å²) in [4.78, 5) is 0.170. The molecule has 5 N–H and O–H groups in total. The van der Waals surface area contributed by atoms with Gasteiger partial charge in [0.1, 0.15) is 0 Å². The van der Waals surface area contributed by atoms with Crippen molar-refractivity contribution < 1.29 is 13.9 Å². The summed E-state index contributed by atoms with van der Waals surface area (Å²) in [6, 6.07) is 6.42. The van der Waals surface area contributed by atoms with Gasteiger partial charge in [0.15, 0.2) is 0 Å². The first-order valence-corrected chi connectivity index (χ1v) is 5.77. The van der Waals surface area contributed by atoms with Crippen LogP contribution < -0.4 is 9.49 Å². The molecule has 1 aromatic carbocycles. The van der Waals surface area contributed by atoms with Gasteiger partial charge in [0.05, 0.1) is 4.90 Å². The molecule has 0 saturated heterocycles. The third-order valence-corrected chi connectivity index (χ3v) is 3.14. The van der Waals surface area contributed by atoms with Gasteiger partial charge >= 0.3 is 0 Å². The maximum Gasteiger partial charge on any atom is 0.253 e. The van der Waals surface area contributed by atoms with E-state index in [0.717, 1.165) is 5.56 Å². The van der Waals surface area contributed by atoms with E-state index in [-0.39, 0.29) is 39.9 Å². The van der Waals surface area contributed by atoms with Crippen molar-refractivity contribution in [2.24, 2.45) is 5.25 Å².